The molecular formula is C31H27NO2. The van der Waals surface area contributed by atoms with Crippen molar-refractivity contribution in [2.24, 2.45) is 0 Å². The van der Waals surface area contributed by atoms with Crippen LogP contribution in [0.5, 0.6) is 0 Å². The smallest absolute Gasteiger partial charge is 0.328 e. The molecule has 0 aliphatic heterocycles. The van der Waals surface area contributed by atoms with Gasteiger partial charge in [-0.25, -0.2) is 4.79 Å². The molecule has 0 saturated heterocycles. The first kappa shape index (κ1) is 22.8. The maximum absolute atomic E-state index is 10.7. The van der Waals surface area contributed by atoms with Crippen LogP contribution in [0.25, 0.3) is 18.2 Å². The Morgan fingerprint density at radius 1 is 0.676 bits per heavy atom. The van der Waals surface area contributed by atoms with Crippen molar-refractivity contribution in [1.29, 1.82) is 0 Å². The van der Waals surface area contributed by atoms with Crippen LogP contribution < -0.4 is 4.90 Å². The van der Waals surface area contributed by atoms with Crippen LogP contribution in [0.15, 0.2) is 103 Å². The van der Waals surface area contributed by atoms with E-state index in [0.29, 0.717) is 0 Å². The summed E-state index contributed by atoms with van der Waals surface area (Å²) in [6, 6.07) is 33.3. The minimum atomic E-state index is -0.948. The lowest BCUT2D eigenvalue weighted by Crippen LogP contribution is -2.11. The number of anilines is 3. The van der Waals surface area contributed by atoms with E-state index in [0.717, 1.165) is 39.8 Å². The predicted molar refractivity (Wildman–Crippen MR) is 143 cm³/mol. The second-order valence-electron chi connectivity index (χ2n) is 8.22. The summed E-state index contributed by atoms with van der Waals surface area (Å²) in [6.07, 6.45) is 6.86. The largest absolute Gasteiger partial charge is 0.478 e. The minimum absolute atomic E-state index is 0.858. The highest BCUT2D eigenvalue weighted by Crippen LogP contribution is 2.36. The summed E-state index contributed by atoms with van der Waals surface area (Å²) in [4.78, 5) is 12.9. The third-order valence-corrected chi connectivity index (χ3v) is 5.58. The summed E-state index contributed by atoms with van der Waals surface area (Å²) in [5.41, 5.74) is 8.88. The highest BCUT2D eigenvalue weighted by atomic mass is 16.4. The molecule has 0 saturated carbocycles. The Bertz CT molecular complexity index is 1320. The van der Waals surface area contributed by atoms with Crippen LogP contribution in [0.4, 0.5) is 17.1 Å². The molecule has 4 rings (SSSR count). The molecule has 34 heavy (non-hydrogen) atoms. The summed E-state index contributed by atoms with van der Waals surface area (Å²) in [7, 11) is 0. The van der Waals surface area contributed by atoms with Crippen molar-refractivity contribution < 1.29 is 9.90 Å². The molecule has 3 nitrogen and oxygen atoms in total. The number of hydrogen-bond donors (Lipinski definition) is 1. The van der Waals surface area contributed by atoms with E-state index >= 15 is 0 Å². The quantitative estimate of drug-likeness (QED) is 0.231. The Kier molecular flexibility index (Phi) is 7.04. The highest BCUT2D eigenvalue weighted by Gasteiger charge is 2.14. The van der Waals surface area contributed by atoms with Crippen LogP contribution in [0.1, 0.15) is 27.8 Å². The molecule has 0 heterocycles. The minimum Gasteiger partial charge on any atom is -0.478 e. The van der Waals surface area contributed by atoms with E-state index in [1.807, 2.05) is 30.3 Å². The van der Waals surface area contributed by atoms with E-state index in [-0.39, 0.29) is 0 Å². The molecule has 0 spiro atoms. The first-order chi connectivity index (χ1) is 16.5. The normalized spacial score (nSPS) is 11.2. The first-order valence-corrected chi connectivity index (χ1v) is 11.2. The molecule has 0 radical (unpaired) electrons. The van der Waals surface area contributed by atoms with Gasteiger partial charge in [0.1, 0.15) is 0 Å². The van der Waals surface area contributed by atoms with Gasteiger partial charge in [0, 0.05) is 23.1 Å². The molecule has 4 aromatic rings. The zero-order chi connectivity index (χ0) is 23.9. The van der Waals surface area contributed by atoms with Gasteiger partial charge in [0.25, 0.3) is 0 Å². The van der Waals surface area contributed by atoms with Gasteiger partial charge >= 0.3 is 5.97 Å². The number of aryl methyl sites for hydroxylation is 2. The zero-order valence-corrected chi connectivity index (χ0v) is 19.3. The van der Waals surface area contributed by atoms with E-state index in [1.165, 1.54) is 11.1 Å². The van der Waals surface area contributed by atoms with E-state index in [1.54, 1.807) is 6.08 Å². The fourth-order valence-electron chi connectivity index (χ4n) is 3.87. The molecule has 0 amide bonds. The molecule has 0 unspecified atom stereocenters. The monoisotopic (exact) mass is 445 g/mol. The number of nitrogens with zero attached hydrogens (tertiary/aromatic N) is 1. The Labute approximate surface area is 200 Å². The van der Waals surface area contributed by atoms with Crippen molar-refractivity contribution in [3.63, 3.8) is 0 Å². The van der Waals surface area contributed by atoms with Crippen molar-refractivity contribution in [2.75, 3.05) is 4.90 Å². The van der Waals surface area contributed by atoms with E-state index < -0.39 is 5.97 Å². The molecular weight excluding hydrogens is 418 g/mol. The van der Waals surface area contributed by atoms with Crippen LogP contribution in [0, 0.1) is 13.8 Å². The van der Waals surface area contributed by atoms with Crippen LogP contribution >= 0.6 is 0 Å². The molecule has 0 aliphatic carbocycles. The lowest BCUT2D eigenvalue weighted by atomic mass is 10.1. The van der Waals surface area contributed by atoms with Crippen molar-refractivity contribution in [2.45, 2.75) is 13.8 Å². The van der Waals surface area contributed by atoms with Crippen molar-refractivity contribution in [1.82, 2.24) is 0 Å². The summed E-state index contributed by atoms with van der Waals surface area (Å²) in [5.74, 6) is -0.948. The van der Waals surface area contributed by atoms with Crippen molar-refractivity contribution >= 4 is 41.3 Å². The molecule has 3 heteroatoms. The molecule has 0 bridgehead atoms. The average molecular weight is 446 g/mol. The number of benzene rings is 4. The van der Waals surface area contributed by atoms with Gasteiger partial charge in [-0.1, -0.05) is 84.4 Å². The van der Waals surface area contributed by atoms with Crippen LogP contribution in [0.2, 0.25) is 0 Å². The Balaban J connectivity index is 1.57. The number of para-hydroxylation sites is 1. The molecule has 0 fully saturated rings. The summed E-state index contributed by atoms with van der Waals surface area (Å²) in [6.45, 7) is 4.27. The standard InChI is InChI=1S/C31H27NO2/c1-23-8-20-30(24(2)22-23)32(28-6-4-3-5-7-28)29-18-15-27(16-19-29)14-11-25-9-12-26(13-10-25)17-21-31(33)34/h3-22H,1-2H3,(H,33,34). The number of carboxylic acid groups (broad SMARTS) is 1. The Hall–Kier alpha value is -4.37. The number of aliphatic carboxylic acids is 1. The average Bonchev–Trinajstić information content (AvgIpc) is 2.85. The van der Waals surface area contributed by atoms with Gasteiger partial charge in [-0.15, -0.1) is 0 Å². The van der Waals surface area contributed by atoms with Crippen LogP contribution in [-0.4, -0.2) is 11.1 Å². The number of carbonyl (C=O) groups is 1. The van der Waals surface area contributed by atoms with E-state index in [4.69, 9.17) is 5.11 Å². The highest BCUT2D eigenvalue weighted by molar-refractivity contribution is 5.85. The van der Waals surface area contributed by atoms with E-state index in [2.05, 4.69) is 97.6 Å². The maximum atomic E-state index is 10.7. The molecule has 0 atom stereocenters. The predicted octanol–water partition coefficient (Wildman–Crippen LogP) is 8.04. The fraction of sp³-hybridized carbons (Fsp3) is 0.0645. The number of carboxylic acids is 1. The molecule has 168 valence electrons. The van der Waals surface area contributed by atoms with Gasteiger partial charge < -0.3 is 10.0 Å². The zero-order valence-electron chi connectivity index (χ0n) is 19.3. The fourth-order valence-corrected chi connectivity index (χ4v) is 3.87. The van der Waals surface area contributed by atoms with Crippen molar-refractivity contribution in [3.05, 3.63) is 131 Å². The topological polar surface area (TPSA) is 40.5 Å². The van der Waals surface area contributed by atoms with Gasteiger partial charge in [0.15, 0.2) is 0 Å². The lowest BCUT2D eigenvalue weighted by Gasteiger charge is -2.27. The summed E-state index contributed by atoms with van der Waals surface area (Å²) >= 11 is 0. The molecule has 0 aliphatic rings. The second-order valence-corrected chi connectivity index (χ2v) is 8.22. The van der Waals surface area contributed by atoms with Gasteiger partial charge in [-0.3, -0.25) is 0 Å². The second kappa shape index (κ2) is 10.5. The SMILES string of the molecule is Cc1ccc(N(c2ccccc2)c2ccc(C=Cc3ccc(C=CC(=O)O)cc3)cc2)c(C)c1. The Morgan fingerprint density at radius 3 is 1.76 bits per heavy atom. The van der Waals surface area contributed by atoms with E-state index in [9.17, 15) is 4.79 Å². The molecule has 0 aromatic heterocycles. The number of rotatable bonds is 7. The summed E-state index contributed by atoms with van der Waals surface area (Å²) < 4.78 is 0. The Morgan fingerprint density at radius 2 is 1.21 bits per heavy atom. The van der Waals surface area contributed by atoms with Gasteiger partial charge in [-0.2, -0.15) is 0 Å². The maximum Gasteiger partial charge on any atom is 0.328 e. The number of hydrogen-bond acceptors (Lipinski definition) is 2. The summed E-state index contributed by atoms with van der Waals surface area (Å²) in [5, 5.41) is 8.75. The van der Waals surface area contributed by atoms with Gasteiger partial charge in [-0.05, 0) is 72.5 Å². The van der Waals surface area contributed by atoms with Gasteiger partial charge in [0.05, 0.1) is 0 Å². The third kappa shape index (κ3) is 5.70. The van der Waals surface area contributed by atoms with Crippen molar-refractivity contribution in [3.8, 4) is 0 Å². The van der Waals surface area contributed by atoms with Crippen LogP contribution in [0.3, 0.4) is 0 Å². The van der Waals surface area contributed by atoms with Gasteiger partial charge in [0.2, 0.25) is 0 Å². The molecule has 4 aromatic carbocycles. The third-order valence-electron chi connectivity index (χ3n) is 5.58. The first-order valence-electron chi connectivity index (χ1n) is 11.2. The molecule has 1 N–H and O–H groups in total. The lowest BCUT2D eigenvalue weighted by molar-refractivity contribution is -0.131. The van der Waals surface area contributed by atoms with Crippen LogP contribution in [-0.2, 0) is 4.79 Å².